The van der Waals surface area contributed by atoms with Crippen molar-refractivity contribution in [1.82, 2.24) is 9.88 Å². The van der Waals surface area contributed by atoms with Crippen molar-refractivity contribution in [2.24, 2.45) is 5.41 Å². The van der Waals surface area contributed by atoms with Crippen LogP contribution in [0.4, 0.5) is 5.82 Å². The molecule has 1 spiro atoms. The molecule has 1 amide bonds. The van der Waals surface area contributed by atoms with E-state index in [4.69, 9.17) is 5.73 Å². The molecule has 1 aliphatic carbocycles. The average Bonchev–Trinajstić information content (AvgIpc) is 2.48. The van der Waals surface area contributed by atoms with Gasteiger partial charge in [-0.2, -0.15) is 0 Å². The number of hydrogen-bond donors (Lipinski definition) is 1. The van der Waals surface area contributed by atoms with Crippen LogP contribution in [-0.2, 0) is 0 Å². The Hall–Kier alpha value is -1.29. The van der Waals surface area contributed by atoms with E-state index >= 15 is 0 Å². The highest BCUT2D eigenvalue weighted by molar-refractivity contribution is 5.92. The molecule has 0 bridgehead atoms. The number of pyridine rings is 1. The Labute approximate surface area is 132 Å². The van der Waals surface area contributed by atoms with Crippen molar-refractivity contribution in [3.05, 3.63) is 23.9 Å². The van der Waals surface area contributed by atoms with Crippen LogP contribution >= 0.6 is 12.4 Å². The minimum atomic E-state index is 0. The largest absolute Gasteiger partial charge is 0.384 e. The van der Waals surface area contributed by atoms with Crippen LogP contribution in [0.3, 0.4) is 0 Å². The highest BCUT2D eigenvalue weighted by atomic mass is 35.5. The number of piperidine rings is 1. The van der Waals surface area contributed by atoms with E-state index in [1.807, 2.05) is 4.90 Å². The normalized spacial score (nSPS) is 20.9. The number of aromatic nitrogens is 1. The summed E-state index contributed by atoms with van der Waals surface area (Å²) in [5, 5.41) is 0. The van der Waals surface area contributed by atoms with Crippen LogP contribution < -0.4 is 5.73 Å². The van der Waals surface area contributed by atoms with Crippen LogP contribution in [0.2, 0.25) is 0 Å². The summed E-state index contributed by atoms with van der Waals surface area (Å²) in [5.41, 5.74) is 6.66. The number of amides is 1. The second-order valence-electron chi connectivity index (χ2n) is 6.30. The van der Waals surface area contributed by atoms with Crippen LogP contribution in [0.5, 0.6) is 0 Å². The first-order valence-electron chi connectivity index (χ1n) is 7.70. The zero-order chi connectivity index (χ0) is 14.0. The Bertz CT molecular complexity index is 490. The third kappa shape index (κ3) is 3.49. The summed E-state index contributed by atoms with van der Waals surface area (Å²) in [6.07, 6.45) is 9.13. The van der Waals surface area contributed by atoms with Crippen molar-refractivity contribution in [1.29, 1.82) is 0 Å². The number of nitrogens with two attached hydrogens (primary N) is 1. The molecule has 0 radical (unpaired) electrons. The van der Waals surface area contributed by atoms with Crippen molar-refractivity contribution in [2.75, 3.05) is 18.8 Å². The summed E-state index contributed by atoms with van der Waals surface area (Å²) in [7, 11) is 0. The standard InChI is InChI=1S/C16H23N3O.ClH/c17-14-6-4-5-13(18-14)15(20)19-11-9-16(10-12-19)7-2-1-3-8-16;/h4-6H,1-3,7-12H2,(H2,17,18);1H. The summed E-state index contributed by atoms with van der Waals surface area (Å²) in [6, 6.07) is 5.26. The maximum atomic E-state index is 12.4. The molecule has 3 rings (SSSR count). The van der Waals surface area contributed by atoms with Gasteiger partial charge < -0.3 is 10.6 Å². The first-order valence-corrected chi connectivity index (χ1v) is 7.70. The second kappa shape index (κ2) is 6.65. The van der Waals surface area contributed by atoms with E-state index in [0.717, 1.165) is 25.9 Å². The Kier molecular flexibility index (Phi) is 5.09. The summed E-state index contributed by atoms with van der Waals surface area (Å²) >= 11 is 0. The van der Waals surface area contributed by atoms with E-state index in [9.17, 15) is 4.79 Å². The van der Waals surface area contributed by atoms with E-state index in [1.165, 1.54) is 32.1 Å². The molecular formula is C16H24ClN3O. The first kappa shape index (κ1) is 16.1. The van der Waals surface area contributed by atoms with E-state index in [0.29, 0.717) is 16.9 Å². The summed E-state index contributed by atoms with van der Waals surface area (Å²) in [5.74, 6) is 0.444. The van der Waals surface area contributed by atoms with Crippen molar-refractivity contribution in [3.63, 3.8) is 0 Å². The number of hydrogen-bond acceptors (Lipinski definition) is 3. The monoisotopic (exact) mass is 309 g/mol. The maximum Gasteiger partial charge on any atom is 0.272 e. The molecule has 0 atom stereocenters. The van der Waals surface area contributed by atoms with Crippen molar-refractivity contribution < 1.29 is 4.79 Å². The molecule has 2 aliphatic rings. The summed E-state index contributed by atoms with van der Waals surface area (Å²) < 4.78 is 0. The van der Waals surface area contributed by atoms with Crippen LogP contribution in [0.15, 0.2) is 18.2 Å². The van der Waals surface area contributed by atoms with Gasteiger partial charge in [0.1, 0.15) is 11.5 Å². The van der Waals surface area contributed by atoms with E-state index in [1.54, 1.807) is 18.2 Å². The van der Waals surface area contributed by atoms with Gasteiger partial charge in [0.2, 0.25) is 0 Å². The van der Waals surface area contributed by atoms with E-state index in [-0.39, 0.29) is 18.3 Å². The summed E-state index contributed by atoms with van der Waals surface area (Å²) in [4.78, 5) is 18.5. The van der Waals surface area contributed by atoms with Crippen LogP contribution in [0, 0.1) is 5.41 Å². The SMILES string of the molecule is Cl.Nc1cccc(C(=O)N2CCC3(CCCCC3)CC2)n1. The molecule has 0 aromatic carbocycles. The minimum Gasteiger partial charge on any atom is -0.384 e. The number of nitrogen functional groups attached to an aromatic ring is 1. The smallest absolute Gasteiger partial charge is 0.272 e. The number of anilines is 1. The highest BCUT2D eigenvalue weighted by Crippen LogP contribution is 2.44. The fourth-order valence-corrected chi connectivity index (χ4v) is 3.72. The number of halogens is 1. The number of rotatable bonds is 1. The topological polar surface area (TPSA) is 59.2 Å². The van der Waals surface area contributed by atoms with Gasteiger partial charge in [-0.25, -0.2) is 4.98 Å². The minimum absolute atomic E-state index is 0. The zero-order valence-corrected chi connectivity index (χ0v) is 13.2. The molecule has 4 nitrogen and oxygen atoms in total. The van der Waals surface area contributed by atoms with Gasteiger partial charge in [0.25, 0.3) is 5.91 Å². The van der Waals surface area contributed by atoms with Gasteiger partial charge in [0.15, 0.2) is 0 Å². The lowest BCUT2D eigenvalue weighted by atomic mass is 9.68. The van der Waals surface area contributed by atoms with Crippen molar-refractivity contribution >= 4 is 24.1 Å². The Balaban J connectivity index is 0.00000161. The predicted molar refractivity (Wildman–Crippen MR) is 86.6 cm³/mol. The number of nitrogens with zero attached hydrogens (tertiary/aromatic N) is 2. The van der Waals surface area contributed by atoms with Gasteiger partial charge in [0, 0.05) is 13.1 Å². The molecule has 1 aromatic rings. The molecule has 2 heterocycles. The Morgan fingerprint density at radius 2 is 1.76 bits per heavy atom. The molecule has 2 N–H and O–H groups in total. The predicted octanol–water partition coefficient (Wildman–Crippen LogP) is 3.27. The lowest BCUT2D eigenvalue weighted by molar-refractivity contribution is 0.0467. The van der Waals surface area contributed by atoms with Crippen LogP contribution in [0.1, 0.15) is 55.4 Å². The van der Waals surface area contributed by atoms with E-state index < -0.39 is 0 Å². The average molecular weight is 310 g/mol. The zero-order valence-electron chi connectivity index (χ0n) is 12.4. The third-order valence-corrected chi connectivity index (χ3v) is 5.02. The van der Waals surface area contributed by atoms with Gasteiger partial charge in [0.05, 0.1) is 0 Å². The molecule has 1 saturated carbocycles. The second-order valence-corrected chi connectivity index (χ2v) is 6.30. The van der Waals surface area contributed by atoms with Gasteiger partial charge in [-0.05, 0) is 43.2 Å². The fraction of sp³-hybridized carbons (Fsp3) is 0.625. The number of likely N-dealkylation sites (tertiary alicyclic amines) is 1. The molecule has 116 valence electrons. The van der Waals surface area contributed by atoms with Crippen molar-refractivity contribution in [2.45, 2.75) is 44.9 Å². The summed E-state index contributed by atoms with van der Waals surface area (Å²) in [6.45, 7) is 1.74. The molecule has 1 aliphatic heterocycles. The quantitative estimate of drug-likeness (QED) is 0.866. The fourth-order valence-electron chi connectivity index (χ4n) is 3.72. The lowest BCUT2D eigenvalue weighted by Gasteiger charge is -2.44. The van der Waals surface area contributed by atoms with Crippen LogP contribution in [-0.4, -0.2) is 28.9 Å². The highest BCUT2D eigenvalue weighted by Gasteiger charge is 2.36. The number of carbonyl (C=O) groups is 1. The molecule has 1 aromatic heterocycles. The Morgan fingerprint density at radius 1 is 1.10 bits per heavy atom. The van der Waals surface area contributed by atoms with Crippen LogP contribution in [0.25, 0.3) is 0 Å². The van der Waals surface area contributed by atoms with Crippen molar-refractivity contribution in [3.8, 4) is 0 Å². The third-order valence-electron chi connectivity index (χ3n) is 5.02. The van der Waals surface area contributed by atoms with Gasteiger partial charge in [-0.1, -0.05) is 25.3 Å². The molecule has 0 unspecified atom stereocenters. The van der Waals surface area contributed by atoms with E-state index in [2.05, 4.69) is 4.98 Å². The Morgan fingerprint density at radius 3 is 2.38 bits per heavy atom. The first-order chi connectivity index (χ1) is 9.69. The molecule has 21 heavy (non-hydrogen) atoms. The van der Waals surface area contributed by atoms with Gasteiger partial charge in [-0.15, -0.1) is 12.4 Å². The molecular weight excluding hydrogens is 286 g/mol. The molecule has 1 saturated heterocycles. The number of carbonyl (C=O) groups excluding carboxylic acids is 1. The lowest BCUT2D eigenvalue weighted by Crippen LogP contribution is -2.44. The molecule has 5 heteroatoms. The molecule has 2 fully saturated rings. The van der Waals surface area contributed by atoms with Gasteiger partial charge >= 0.3 is 0 Å². The maximum absolute atomic E-state index is 12.4. The van der Waals surface area contributed by atoms with Gasteiger partial charge in [-0.3, -0.25) is 4.79 Å².